The van der Waals surface area contributed by atoms with Gasteiger partial charge in [0.25, 0.3) is 0 Å². The van der Waals surface area contributed by atoms with Gasteiger partial charge in [-0.05, 0) is 43.6 Å². The lowest BCUT2D eigenvalue weighted by Gasteiger charge is -2.19. The molecular weight excluding hydrogens is 188 g/mol. The van der Waals surface area contributed by atoms with Crippen molar-refractivity contribution < 1.29 is 4.43 Å². The lowest BCUT2D eigenvalue weighted by Crippen LogP contribution is -2.24. The largest absolute Gasteiger partial charge is 0.547 e. The van der Waals surface area contributed by atoms with Gasteiger partial charge in [0.1, 0.15) is 0 Å². The second-order valence-corrected chi connectivity index (χ2v) is 9.84. The Kier molecular flexibility index (Phi) is 3.59. The standard InChI is InChI=1S/C12H22OSi/c1-10(2)8-11-6-7-12(9-11)13-14(3,4)5/h6,9-10H,7-8H2,1-5H3. The summed E-state index contributed by atoms with van der Waals surface area (Å²) in [7, 11) is -1.39. The molecule has 1 rings (SSSR count). The predicted octanol–water partition coefficient (Wildman–Crippen LogP) is 4.10. The van der Waals surface area contributed by atoms with Crippen LogP contribution in [0.4, 0.5) is 0 Å². The molecule has 0 heterocycles. The van der Waals surface area contributed by atoms with E-state index in [-0.39, 0.29) is 0 Å². The zero-order chi connectivity index (χ0) is 10.8. The van der Waals surface area contributed by atoms with E-state index >= 15 is 0 Å². The first kappa shape index (κ1) is 11.6. The monoisotopic (exact) mass is 210 g/mol. The van der Waals surface area contributed by atoms with Gasteiger partial charge in [-0.1, -0.05) is 19.9 Å². The van der Waals surface area contributed by atoms with Crippen LogP contribution in [0.3, 0.4) is 0 Å². The molecule has 0 saturated heterocycles. The van der Waals surface area contributed by atoms with E-state index in [4.69, 9.17) is 4.43 Å². The van der Waals surface area contributed by atoms with Gasteiger partial charge < -0.3 is 4.43 Å². The average molecular weight is 210 g/mol. The van der Waals surface area contributed by atoms with Crippen LogP contribution in [0.2, 0.25) is 19.6 Å². The zero-order valence-electron chi connectivity index (χ0n) is 10.1. The first-order chi connectivity index (χ1) is 6.37. The summed E-state index contributed by atoms with van der Waals surface area (Å²) in [5.74, 6) is 1.92. The highest BCUT2D eigenvalue weighted by atomic mass is 28.4. The molecule has 0 saturated carbocycles. The SMILES string of the molecule is CC(C)CC1=CCC(O[Si](C)(C)C)=C1. The minimum absolute atomic E-state index is 0.740. The maximum absolute atomic E-state index is 5.96. The van der Waals surface area contributed by atoms with Gasteiger partial charge in [-0.2, -0.15) is 0 Å². The minimum Gasteiger partial charge on any atom is -0.547 e. The molecular formula is C12H22OSi. The van der Waals surface area contributed by atoms with E-state index in [0.29, 0.717) is 0 Å². The van der Waals surface area contributed by atoms with Crippen LogP contribution >= 0.6 is 0 Å². The first-order valence-electron chi connectivity index (χ1n) is 5.45. The Bertz CT molecular complexity index is 256. The Hall–Kier alpha value is -0.503. The fraction of sp³-hybridized carbons (Fsp3) is 0.667. The molecule has 0 atom stereocenters. The van der Waals surface area contributed by atoms with Gasteiger partial charge in [0, 0.05) is 6.42 Å². The highest BCUT2D eigenvalue weighted by Gasteiger charge is 2.19. The Morgan fingerprint density at radius 3 is 2.50 bits per heavy atom. The summed E-state index contributed by atoms with van der Waals surface area (Å²) in [6.07, 6.45) is 6.72. The molecule has 14 heavy (non-hydrogen) atoms. The van der Waals surface area contributed by atoms with Crippen LogP contribution in [0.15, 0.2) is 23.5 Å². The molecule has 0 radical (unpaired) electrons. The van der Waals surface area contributed by atoms with Crippen LogP contribution in [0.5, 0.6) is 0 Å². The molecule has 0 aromatic carbocycles. The summed E-state index contributed by atoms with van der Waals surface area (Å²) in [5.41, 5.74) is 1.45. The number of hydrogen-bond acceptors (Lipinski definition) is 1. The van der Waals surface area contributed by atoms with Gasteiger partial charge >= 0.3 is 0 Å². The number of hydrogen-bond donors (Lipinski definition) is 0. The summed E-state index contributed by atoms with van der Waals surface area (Å²) < 4.78 is 5.96. The van der Waals surface area contributed by atoms with Crippen molar-refractivity contribution in [2.75, 3.05) is 0 Å². The molecule has 1 nitrogen and oxygen atoms in total. The van der Waals surface area contributed by atoms with Crippen LogP contribution in [0.1, 0.15) is 26.7 Å². The Balaban J connectivity index is 2.47. The van der Waals surface area contributed by atoms with E-state index in [1.807, 2.05) is 0 Å². The smallest absolute Gasteiger partial charge is 0.241 e. The van der Waals surface area contributed by atoms with Crippen LogP contribution in [-0.2, 0) is 4.43 Å². The van der Waals surface area contributed by atoms with E-state index in [1.54, 1.807) is 0 Å². The van der Waals surface area contributed by atoms with E-state index in [0.717, 1.165) is 12.3 Å². The van der Waals surface area contributed by atoms with Crippen molar-refractivity contribution >= 4 is 8.32 Å². The Labute approximate surface area is 89.0 Å². The van der Waals surface area contributed by atoms with Gasteiger partial charge in [-0.25, -0.2) is 0 Å². The van der Waals surface area contributed by atoms with Gasteiger partial charge in [0.2, 0.25) is 8.32 Å². The predicted molar refractivity (Wildman–Crippen MR) is 64.7 cm³/mol. The topological polar surface area (TPSA) is 9.23 Å². The fourth-order valence-electron chi connectivity index (χ4n) is 1.63. The van der Waals surface area contributed by atoms with Crippen LogP contribution in [-0.4, -0.2) is 8.32 Å². The molecule has 1 aliphatic carbocycles. The van der Waals surface area contributed by atoms with Crippen LogP contribution in [0, 0.1) is 5.92 Å². The molecule has 0 aromatic rings. The van der Waals surface area contributed by atoms with Gasteiger partial charge in [-0.15, -0.1) is 0 Å². The average Bonchev–Trinajstić information content (AvgIpc) is 2.30. The van der Waals surface area contributed by atoms with Crippen molar-refractivity contribution in [2.24, 2.45) is 5.92 Å². The van der Waals surface area contributed by atoms with E-state index < -0.39 is 8.32 Å². The van der Waals surface area contributed by atoms with Gasteiger partial charge in [0.15, 0.2) is 0 Å². The van der Waals surface area contributed by atoms with Crippen molar-refractivity contribution in [1.29, 1.82) is 0 Å². The van der Waals surface area contributed by atoms with Crippen LogP contribution < -0.4 is 0 Å². The Morgan fingerprint density at radius 2 is 2.00 bits per heavy atom. The van der Waals surface area contributed by atoms with Crippen molar-refractivity contribution in [3.05, 3.63) is 23.5 Å². The third-order valence-corrected chi connectivity index (χ3v) is 2.87. The Morgan fingerprint density at radius 1 is 1.36 bits per heavy atom. The minimum atomic E-state index is -1.39. The van der Waals surface area contributed by atoms with Gasteiger partial charge in [-0.3, -0.25) is 0 Å². The van der Waals surface area contributed by atoms with Crippen LogP contribution in [0.25, 0.3) is 0 Å². The summed E-state index contributed by atoms with van der Waals surface area (Å²) in [6.45, 7) is 11.2. The molecule has 0 amide bonds. The number of allylic oxidation sites excluding steroid dienone is 3. The molecule has 0 unspecified atom stereocenters. The second kappa shape index (κ2) is 4.35. The molecule has 0 bridgehead atoms. The van der Waals surface area contributed by atoms with Crippen molar-refractivity contribution in [2.45, 2.75) is 46.3 Å². The van der Waals surface area contributed by atoms with E-state index in [2.05, 4.69) is 45.6 Å². The van der Waals surface area contributed by atoms with Crippen molar-refractivity contribution in [3.63, 3.8) is 0 Å². The quantitative estimate of drug-likeness (QED) is 0.635. The highest BCUT2D eigenvalue weighted by Crippen LogP contribution is 2.25. The number of rotatable bonds is 4. The van der Waals surface area contributed by atoms with E-state index in [1.165, 1.54) is 17.8 Å². The molecule has 80 valence electrons. The lowest BCUT2D eigenvalue weighted by atomic mass is 10.0. The molecule has 0 spiro atoms. The van der Waals surface area contributed by atoms with Gasteiger partial charge in [0.05, 0.1) is 5.76 Å². The summed E-state index contributed by atoms with van der Waals surface area (Å²) in [4.78, 5) is 0. The molecule has 0 aromatic heterocycles. The molecule has 0 fully saturated rings. The maximum atomic E-state index is 5.96. The summed E-state index contributed by atoms with van der Waals surface area (Å²) >= 11 is 0. The van der Waals surface area contributed by atoms with Crippen molar-refractivity contribution in [3.8, 4) is 0 Å². The van der Waals surface area contributed by atoms with E-state index in [9.17, 15) is 0 Å². The summed E-state index contributed by atoms with van der Waals surface area (Å²) in [6, 6.07) is 0. The molecule has 0 N–H and O–H groups in total. The first-order valence-corrected chi connectivity index (χ1v) is 8.86. The normalized spacial score (nSPS) is 17.0. The third-order valence-electron chi connectivity index (χ3n) is 1.99. The molecule has 1 aliphatic rings. The second-order valence-electron chi connectivity index (χ2n) is 5.41. The maximum Gasteiger partial charge on any atom is 0.241 e. The third kappa shape index (κ3) is 4.14. The van der Waals surface area contributed by atoms with Crippen molar-refractivity contribution in [1.82, 2.24) is 0 Å². The molecule has 2 heteroatoms. The lowest BCUT2D eigenvalue weighted by molar-refractivity contribution is 0.415. The highest BCUT2D eigenvalue weighted by molar-refractivity contribution is 6.70. The zero-order valence-corrected chi connectivity index (χ0v) is 11.1. The summed E-state index contributed by atoms with van der Waals surface area (Å²) in [5, 5.41) is 0. The fourth-order valence-corrected chi connectivity index (χ4v) is 2.56. The molecule has 0 aliphatic heterocycles.